The van der Waals surface area contributed by atoms with Crippen molar-refractivity contribution in [1.29, 1.82) is 0 Å². The maximum Gasteiger partial charge on any atom is 0.272 e. The number of likely N-dealkylation sites (tertiary alicyclic amines) is 1. The minimum absolute atomic E-state index is 0.0411. The number of aromatic nitrogens is 3. The van der Waals surface area contributed by atoms with Crippen LogP contribution in [-0.2, 0) is 15.2 Å². The predicted octanol–water partition coefficient (Wildman–Crippen LogP) is 2.10. The minimum Gasteiger partial charge on any atom is -0.393 e. The van der Waals surface area contributed by atoms with Crippen molar-refractivity contribution in [1.82, 2.24) is 35.2 Å². The highest BCUT2D eigenvalue weighted by Gasteiger charge is 2.44. The average Bonchev–Trinajstić information content (AvgIpc) is 4.01. The summed E-state index contributed by atoms with van der Waals surface area (Å²) in [4.78, 5) is 48.8. The Morgan fingerprint density at radius 3 is 2.45 bits per heavy atom. The van der Waals surface area contributed by atoms with Crippen molar-refractivity contribution in [2.75, 3.05) is 37.4 Å². The quantitative estimate of drug-likeness (QED) is 0.0851. The molecule has 4 fully saturated rings. The van der Waals surface area contributed by atoms with E-state index in [2.05, 4.69) is 32.8 Å². The molecule has 5 aliphatic rings. The van der Waals surface area contributed by atoms with Crippen LogP contribution in [0.1, 0.15) is 85.8 Å². The third kappa shape index (κ3) is 7.04. The summed E-state index contributed by atoms with van der Waals surface area (Å²) in [5, 5.41) is 25.5. The molecule has 286 valence electrons. The Labute approximate surface area is 321 Å². The monoisotopic (exact) mass is 745 g/mol. The van der Waals surface area contributed by atoms with E-state index in [1.807, 2.05) is 36.1 Å². The lowest BCUT2D eigenvalue weighted by atomic mass is 9.82. The number of allylic oxidation sites excluding steroid dienone is 1. The van der Waals surface area contributed by atoms with Crippen LogP contribution < -0.4 is 32.3 Å². The van der Waals surface area contributed by atoms with Gasteiger partial charge in [-0.25, -0.2) is 4.98 Å². The predicted molar refractivity (Wildman–Crippen MR) is 208 cm³/mol. The van der Waals surface area contributed by atoms with E-state index in [-0.39, 0.29) is 70.5 Å². The number of anilines is 2. The van der Waals surface area contributed by atoms with Crippen LogP contribution in [0.2, 0.25) is 0 Å². The van der Waals surface area contributed by atoms with Crippen molar-refractivity contribution in [2.24, 2.45) is 17.4 Å². The Hall–Kier alpha value is -5.35. The number of rotatable bonds is 13. The van der Waals surface area contributed by atoms with Crippen molar-refractivity contribution >= 4 is 36.9 Å². The number of carbonyl (C=O) groups excluding carboxylic acids is 3. The fourth-order valence-corrected chi connectivity index (χ4v) is 7.59. The number of amides is 3. The molecule has 2 atom stereocenters. The van der Waals surface area contributed by atoms with E-state index < -0.39 is 11.5 Å². The Bertz CT molecular complexity index is 2100. The summed E-state index contributed by atoms with van der Waals surface area (Å²) in [6.07, 6.45) is 9.56. The van der Waals surface area contributed by atoms with Gasteiger partial charge in [-0.1, -0.05) is 25.1 Å². The summed E-state index contributed by atoms with van der Waals surface area (Å²) in [5.41, 5.74) is 16.1. The van der Waals surface area contributed by atoms with Crippen molar-refractivity contribution in [3.8, 4) is 11.1 Å². The first kappa shape index (κ1) is 36.6. The molecule has 2 aromatic heterocycles. The fourth-order valence-electron chi connectivity index (χ4n) is 7.59. The Morgan fingerprint density at radius 2 is 1.78 bits per heavy atom. The molecule has 2 unspecified atom stereocenters. The standard InChI is InChI=1S/C39H48BN11O4/c1-4-30-35-26(18-43-51(35)24-19-50(20-24)39(40,55)31-10-6-9-28(46-31)38(54)48(2)23-15-16-23)25-7-5-8-27(34(25)49(30)3)45-29(33(42)37(53)44-22-13-14-22)17-32(41)47-36(52)21-11-12-21/h5-10,17-18,21-24,30,45,55H,4,11-16,19-20,41-42H2,1-3H3,(H,44,53)(H,47,52)/b32-17+,33-29+. The molecule has 2 radical (unpaired) electrons. The molecule has 0 spiro atoms. The van der Waals surface area contributed by atoms with E-state index in [4.69, 9.17) is 24.4 Å². The number of aliphatic hydroxyl groups is 1. The largest absolute Gasteiger partial charge is 0.393 e. The highest BCUT2D eigenvalue weighted by Crippen LogP contribution is 2.50. The van der Waals surface area contributed by atoms with E-state index in [0.29, 0.717) is 18.8 Å². The van der Waals surface area contributed by atoms with Crippen LogP contribution in [0.5, 0.6) is 0 Å². The molecule has 2 aliphatic heterocycles. The molecule has 15 nitrogen and oxygen atoms in total. The maximum atomic E-state index is 13.2. The van der Waals surface area contributed by atoms with Crippen molar-refractivity contribution < 1.29 is 19.5 Å². The molecule has 55 heavy (non-hydrogen) atoms. The van der Waals surface area contributed by atoms with Gasteiger partial charge in [-0.2, -0.15) is 5.10 Å². The molecule has 3 aromatic rings. The smallest absolute Gasteiger partial charge is 0.272 e. The second kappa shape index (κ2) is 14.1. The first-order valence-electron chi connectivity index (χ1n) is 19.2. The number of carbonyl (C=O) groups is 3. The van der Waals surface area contributed by atoms with Crippen LogP contribution in [0.4, 0.5) is 11.4 Å². The summed E-state index contributed by atoms with van der Waals surface area (Å²) in [7, 11) is 10.3. The number of pyridine rings is 1. The third-order valence-corrected chi connectivity index (χ3v) is 11.4. The third-order valence-electron chi connectivity index (χ3n) is 11.4. The molecule has 3 aliphatic carbocycles. The van der Waals surface area contributed by atoms with E-state index in [0.717, 1.165) is 67.5 Å². The van der Waals surface area contributed by atoms with Crippen LogP contribution in [-0.4, -0.2) is 94.5 Å². The van der Waals surface area contributed by atoms with Gasteiger partial charge in [-0.3, -0.25) is 24.0 Å². The van der Waals surface area contributed by atoms with Gasteiger partial charge in [0.2, 0.25) is 5.91 Å². The molecule has 16 heteroatoms. The van der Waals surface area contributed by atoms with Crippen molar-refractivity contribution in [3.05, 3.63) is 83.0 Å². The molecule has 4 heterocycles. The second-order valence-electron chi connectivity index (χ2n) is 15.5. The van der Waals surface area contributed by atoms with Crippen LogP contribution >= 0.6 is 0 Å². The summed E-state index contributed by atoms with van der Waals surface area (Å²) in [6, 6.07) is 11.0. The number of hydrogen-bond donors (Lipinski definition) is 6. The molecule has 8 N–H and O–H groups in total. The summed E-state index contributed by atoms with van der Waals surface area (Å²) in [5.74, 6) is -0.708. The number of nitrogens with two attached hydrogens (primary N) is 2. The van der Waals surface area contributed by atoms with Crippen LogP contribution in [0.25, 0.3) is 11.1 Å². The Kier molecular flexibility index (Phi) is 9.36. The highest BCUT2D eigenvalue weighted by atomic mass is 16.3. The van der Waals surface area contributed by atoms with Crippen LogP contribution in [0.3, 0.4) is 0 Å². The molecule has 3 saturated carbocycles. The maximum absolute atomic E-state index is 13.2. The zero-order valence-electron chi connectivity index (χ0n) is 31.5. The van der Waals surface area contributed by atoms with E-state index in [1.54, 1.807) is 35.0 Å². The van der Waals surface area contributed by atoms with Gasteiger partial charge >= 0.3 is 0 Å². The van der Waals surface area contributed by atoms with Crippen molar-refractivity contribution in [2.45, 2.75) is 81.7 Å². The lowest BCUT2D eigenvalue weighted by Gasteiger charge is -2.49. The highest BCUT2D eigenvalue weighted by molar-refractivity contribution is 6.14. The summed E-state index contributed by atoms with van der Waals surface area (Å²) >= 11 is 0. The Balaban J connectivity index is 1.05. The van der Waals surface area contributed by atoms with Gasteiger partial charge in [0.25, 0.3) is 11.8 Å². The number of hydrogen-bond acceptors (Lipinski definition) is 11. The van der Waals surface area contributed by atoms with Crippen LogP contribution in [0, 0.1) is 5.92 Å². The number of benzene rings is 1. The lowest BCUT2D eigenvalue weighted by molar-refractivity contribution is -0.121. The van der Waals surface area contributed by atoms with Gasteiger partial charge < -0.3 is 42.3 Å². The first-order chi connectivity index (χ1) is 26.3. The first-order valence-corrected chi connectivity index (χ1v) is 19.2. The van der Waals surface area contributed by atoms with Crippen molar-refractivity contribution in [3.63, 3.8) is 0 Å². The molecule has 3 amide bonds. The molecule has 1 aromatic carbocycles. The van der Waals surface area contributed by atoms with Gasteiger partial charge in [0.1, 0.15) is 30.7 Å². The zero-order valence-corrected chi connectivity index (χ0v) is 31.5. The summed E-state index contributed by atoms with van der Waals surface area (Å²) in [6.45, 7) is 2.95. The van der Waals surface area contributed by atoms with Gasteiger partial charge in [0, 0.05) is 62.4 Å². The number of nitrogens with one attached hydrogen (secondary N) is 3. The SMILES string of the molecule is [B]C(O)(c1cccc(C(=O)N(C)C2CC2)n1)N1CC(n2ncc3c2C(CC)N(C)c2c(NC(/C=C(\N)NC(=O)C4CC4)=C(/N)C(=O)NC4CC4)cccc2-3)C1. The molecule has 8 rings (SSSR count). The number of para-hydroxylation sites is 1. The zero-order chi connectivity index (χ0) is 38.8. The summed E-state index contributed by atoms with van der Waals surface area (Å²) < 4.78 is 2.03. The van der Waals surface area contributed by atoms with Gasteiger partial charge in [0.05, 0.1) is 46.7 Å². The fraction of sp³-hybridized carbons (Fsp3) is 0.462. The van der Waals surface area contributed by atoms with E-state index in [9.17, 15) is 19.5 Å². The lowest BCUT2D eigenvalue weighted by Crippen LogP contribution is -2.59. The second-order valence-corrected chi connectivity index (χ2v) is 15.5. The molecular weight excluding hydrogens is 697 g/mol. The van der Waals surface area contributed by atoms with Crippen LogP contribution in [0.15, 0.2) is 65.9 Å². The molecule has 1 saturated heterocycles. The van der Waals surface area contributed by atoms with Gasteiger partial charge in [-0.15, -0.1) is 0 Å². The number of nitrogens with zero attached hydrogens (tertiary/aromatic N) is 6. The van der Waals surface area contributed by atoms with Gasteiger partial charge in [-0.05, 0) is 63.1 Å². The average molecular weight is 746 g/mol. The van der Waals surface area contributed by atoms with E-state index >= 15 is 0 Å². The normalized spacial score (nSPS) is 21.3. The number of fused-ring (bicyclic) bond motifs is 3. The molecule has 0 bridgehead atoms. The molecular formula is C39H48BN11O4. The van der Waals surface area contributed by atoms with E-state index in [1.165, 1.54) is 6.08 Å². The minimum atomic E-state index is -1.88. The topological polar surface area (TPSA) is 200 Å². The Morgan fingerprint density at radius 1 is 1.05 bits per heavy atom. The van der Waals surface area contributed by atoms with Gasteiger partial charge in [0.15, 0.2) is 0 Å².